The molecule has 0 unspecified atom stereocenters. The minimum atomic E-state index is -0.489. The highest BCUT2D eigenvalue weighted by atomic mass is 16.3. The second-order valence-electron chi connectivity index (χ2n) is 4.31. The molecule has 1 aromatic heterocycles. The number of benzene rings is 1. The third kappa shape index (κ3) is 2.80. The van der Waals surface area contributed by atoms with Crippen LogP contribution >= 0.6 is 0 Å². The molecule has 1 heterocycles. The van der Waals surface area contributed by atoms with E-state index in [0.717, 1.165) is 5.56 Å². The molecule has 0 atom stereocenters. The van der Waals surface area contributed by atoms with E-state index in [-0.39, 0.29) is 11.2 Å². The van der Waals surface area contributed by atoms with E-state index < -0.39 is 11.5 Å². The van der Waals surface area contributed by atoms with Crippen molar-refractivity contribution >= 4 is 6.08 Å². The lowest BCUT2D eigenvalue weighted by atomic mass is 10.1. The average Bonchev–Trinajstić information content (AvgIpc) is 2.44. The second kappa shape index (κ2) is 5.48. The second-order valence-corrected chi connectivity index (χ2v) is 4.31. The molecule has 0 aliphatic heterocycles. The van der Waals surface area contributed by atoms with Crippen LogP contribution in [0.4, 0.5) is 0 Å². The van der Waals surface area contributed by atoms with Crippen LogP contribution in [0.2, 0.25) is 0 Å². The number of hydrogen-bond donors (Lipinski definition) is 2. The fourth-order valence-electron chi connectivity index (χ4n) is 1.66. The minimum absolute atomic E-state index is 0.184. The monoisotopic (exact) mass is 270 g/mol. The zero-order valence-corrected chi connectivity index (χ0v) is 11.0. The van der Waals surface area contributed by atoms with Crippen molar-refractivity contribution in [2.75, 3.05) is 0 Å². The summed E-state index contributed by atoms with van der Waals surface area (Å²) >= 11 is 0. The van der Waals surface area contributed by atoms with Crippen molar-refractivity contribution in [2.24, 2.45) is 0 Å². The van der Waals surface area contributed by atoms with Crippen molar-refractivity contribution in [3.05, 3.63) is 76.0 Å². The number of aliphatic hydroxyl groups is 2. The van der Waals surface area contributed by atoms with Crippen molar-refractivity contribution < 1.29 is 14.6 Å². The first-order chi connectivity index (χ1) is 9.49. The summed E-state index contributed by atoms with van der Waals surface area (Å²) in [6.45, 7) is 4.78. The quantitative estimate of drug-likeness (QED) is 0.660. The van der Waals surface area contributed by atoms with E-state index in [2.05, 4.69) is 6.58 Å². The van der Waals surface area contributed by atoms with E-state index >= 15 is 0 Å². The van der Waals surface area contributed by atoms with Gasteiger partial charge in [0.25, 0.3) is 0 Å². The van der Waals surface area contributed by atoms with Gasteiger partial charge in [0.1, 0.15) is 17.3 Å². The standard InChI is InChI=1S/C16H14O4/c1-10-13(18)8-16(12-6-4-3-5-7-12)20-15(10)9-14(19)11(2)17/h3-9,17,19H,2H2,1H3/b14-9+. The van der Waals surface area contributed by atoms with Crippen molar-refractivity contribution in [1.29, 1.82) is 0 Å². The molecule has 2 N–H and O–H groups in total. The fraction of sp³-hybridized carbons (Fsp3) is 0.0625. The Kier molecular flexibility index (Phi) is 3.75. The maximum atomic E-state index is 11.9. The molecule has 1 aromatic carbocycles. The van der Waals surface area contributed by atoms with Gasteiger partial charge in [0.05, 0.1) is 0 Å². The summed E-state index contributed by atoms with van der Waals surface area (Å²) in [7, 11) is 0. The highest BCUT2D eigenvalue weighted by Gasteiger charge is 2.10. The lowest BCUT2D eigenvalue weighted by Crippen LogP contribution is -2.06. The molecule has 2 rings (SSSR count). The highest BCUT2D eigenvalue weighted by molar-refractivity contribution is 5.60. The number of hydrogen-bond acceptors (Lipinski definition) is 4. The third-order valence-electron chi connectivity index (χ3n) is 2.84. The molecule has 0 bridgehead atoms. The van der Waals surface area contributed by atoms with Crippen LogP contribution in [0, 0.1) is 6.92 Å². The van der Waals surface area contributed by atoms with Crippen molar-refractivity contribution in [1.82, 2.24) is 0 Å². The summed E-state index contributed by atoms with van der Waals surface area (Å²) in [5, 5.41) is 18.6. The Morgan fingerprint density at radius 3 is 2.50 bits per heavy atom. The maximum Gasteiger partial charge on any atom is 0.188 e. The molecule has 0 fully saturated rings. The molecule has 0 spiro atoms. The number of rotatable bonds is 3. The van der Waals surface area contributed by atoms with Gasteiger partial charge in [-0.3, -0.25) is 4.79 Å². The van der Waals surface area contributed by atoms with Crippen LogP contribution in [-0.4, -0.2) is 10.2 Å². The summed E-state index contributed by atoms with van der Waals surface area (Å²) in [5.41, 5.74) is 0.886. The largest absolute Gasteiger partial charge is 0.505 e. The van der Waals surface area contributed by atoms with Crippen molar-refractivity contribution in [3.8, 4) is 11.3 Å². The lowest BCUT2D eigenvalue weighted by Gasteiger charge is -2.05. The van der Waals surface area contributed by atoms with Crippen LogP contribution in [0.3, 0.4) is 0 Å². The Labute approximate surface area is 115 Å². The van der Waals surface area contributed by atoms with Crippen LogP contribution in [0.15, 0.2) is 63.7 Å². The van der Waals surface area contributed by atoms with E-state index in [9.17, 15) is 9.90 Å². The van der Waals surface area contributed by atoms with Crippen LogP contribution in [0.1, 0.15) is 11.3 Å². The fourth-order valence-corrected chi connectivity index (χ4v) is 1.66. The predicted molar refractivity (Wildman–Crippen MR) is 77.5 cm³/mol. The Morgan fingerprint density at radius 2 is 1.90 bits per heavy atom. The van der Waals surface area contributed by atoms with Gasteiger partial charge in [-0.15, -0.1) is 0 Å². The van der Waals surface area contributed by atoms with E-state index in [4.69, 9.17) is 9.52 Å². The Balaban J connectivity index is 2.60. The first-order valence-corrected chi connectivity index (χ1v) is 5.98. The van der Waals surface area contributed by atoms with E-state index in [1.54, 1.807) is 6.92 Å². The molecule has 102 valence electrons. The maximum absolute atomic E-state index is 11.9. The molecule has 0 radical (unpaired) electrons. The third-order valence-corrected chi connectivity index (χ3v) is 2.84. The summed E-state index contributed by atoms with van der Waals surface area (Å²) < 4.78 is 5.61. The van der Waals surface area contributed by atoms with Crippen molar-refractivity contribution in [2.45, 2.75) is 6.92 Å². The molecule has 20 heavy (non-hydrogen) atoms. The zero-order valence-electron chi connectivity index (χ0n) is 11.0. The summed E-state index contributed by atoms with van der Waals surface area (Å²) in [4.78, 5) is 11.9. The van der Waals surface area contributed by atoms with Crippen LogP contribution in [-0.2, 0) is 0 Å². The van der Waals surface area contributed by atoms with Gasteiger partial charge in [-0.2, -0.15) is 0 Å². The average molecular weight is 270 g/mol. The van der Waals surface area contributed by atoms with Crippen LogP contribution < -0.4 is 5.43 Å². The SMILES string of the molecule is C=C(O)/C(O)=C\c1oc(-c2ccccc2)cc(=O)c1C. The highest BCUT2D eigenvalue weighted by Crippen LogP contribution is 2.21. The van der Waals surface area contributed by atoms with E-state index in [0.29, 0.717) is 11.3 Å². The van der Waals surface area contributed by atoms with Crippen LogP contribution in [0.25, 0.3) is 17.4 Å². The molecule has 4 heteroatoms. The van der Waals surface area contributed by atoms with Gasteiger partial charge >= 0.3 is 0 Å². The smallest absolute Gasteiger partial charge is 0.188 e. The zero-order chi connectivity index (χ0) is 14.7. The molecule has 0 saturated heterocycles. The topological polar surface area (TPSA) is 70.7 Å². The van der Waals surface area contributed by atoms with Gasteiger partial charge in [0.2, 0.25) is 0 Å². The summed E-state index contributed by atoms with van der Waals surface area (Å²) in [6, 6.07) is 10.5. The molecule has 0 amide bonds. The molecule has 0 aliphatic rings. The van der Waals surface area contributed by atoms with Crippen LogP contribution in [0.5, 0.6) is 0 Å². The van der Waals surface area contributed by atoms with Gasteiger partial charge in [-0.1, -0.05) is 36.9 Å². The van der Waals surface area contributed by atoms with Gasteiger partial charge in [0, 0.05) is 23.3 Å². The van der Waals surface area contributed by atoms with E-state index in [1.165, 1.54) is 12.1 Å². The Morgan fingerprint density at radius 1 is 1.25 bits per heavy atom. The molecule has 0 aliphatic carbocycles. The number of aliphatic hydroxyl groups excluding tert-OH is 2. The normalized spacial score (nSPS) is 11.3. The molecular formula is C16H14O4. The van der Waals surface area contributed by atoms with Gasteiger partial charge in [0.15, 0.2) is 11.2 Å². The van der Waals surface area contributed by atoms with Gasteiger partial charge < -0.3 is 14.6 Å². The first-order valence-electron chi connectivity index (χ1n) is 5.98. The van der Waals surface area contributed by atoms with E-state index in [1.807, 2.05) is 30.3 Å². The molecular weight excluding hydrogens is 256 g/mol. The van der Waals surface area contributed by atoms with Gasteiger partial charge in [-0.25, -0.2) is 0 Å². The molecule has 0 saturated carbocycles. The molecule has 2 aromatic rings. The predicted octanol–water partition coefficient (Wildman–Crippen LogP) is 3.59. The minimum Gasteiger partial charge on any atom is -0.505 e. The summed E-state index contributed by atoms with van der Waals surface area (Å²) in [5.74, 6) is -0.355. The summed E-state index contributed by atoms with van der Waals surface area (Å²) in [6.07, 6.45) is 1.17. The Bertz CT molecular complexity index is 724. The lowest BCUT2D eigenvalue weighted by molar-refractivity contribution is 0.331. The van der Waals surface area contributed by atoms with Crippen molar-refractivity contribution in [3.63, 3.8) is 0 Å². The first kappa shape index (κ1) is 13.7. The molecule has 4 nitrogen and oxygen atoms in total. The Hall–Kier alpha value is -2.75. The van der Waals surface area contributed by atoms with Gasteiger partial charge in [-0.05, 0) is 6.92 Å².